The van der Waals surface area contributed by atoms with Crippen LogP contribution in [0.5, 0.6) is 0 Å². The van der Waals surface area contributed by atoms with E-state index in [0.29, 0.717) is 11.4 Å². The lowest BCUT2D eigenvalue weighted by Crippen LogP contribution is -2.16. The van der Waals surface area contributed by atoms with Crippen molar-refractivity contribution in [2.24, 2.45) is 0 Å². The Hall–Kier alpha value is -2.04. The summed E-state index contributed by atoms with van der Waals surface area (Å²) < 4.78 is 27.1. The van der Waals surface area contributed by atoms with Gasteiger partial charge >= 0.3 is 0 Å². The van der Waals surface area contributed by atoms with Crippen molar-refractivity contribution in [2.45, 2.75) is 25.7 Å². The third-order valence-electron chi connectivity index (χ3n) is 3.32. The van der Waals surface area contributed by atoms with Crippen molar-refractivity contribution >= 4 is 0 Å². The second-order valence-electron chi connectivity index (χ2n) is 4.82. The summed E-state index contributed by atoms with van der Waals surface area (Å²) in [7, 11) is 0. The van der Waals surface area contributed by atoms with E-state index in [4.69, 9.17) is 0 Å². The van der Waals surface area contributed by atoms with E-state index < -0.39 is 11.6 Å². The summed E-state index contributed by atoms with van der Waals surface area (Å²) >= 11 is 0. The van der Waals surface area contributed by atoms with Crippen molar-refractivity contribution in [3.8, 4) is 11.3 Å². The Kier molecular flexibility index (Phi) is 2.69. The minimum atomic E-state index is -0.579. The third-order valence-corrected chi connectivity index (χ3v) is 3.32. The smallest absolute Gasteiger partial charge is 0.254 e. The molecule has 1 fully saturated rings. The van der Waals surface area contributed by atoms with E-state index in [1.165, 1.54) is 0 Å². The Labute approximate surface area is 108 Å². The molecule has 1 aliphatic carbocycles. The van der Waals surface area contributed by atoms with E-state index in [2.05, 4.69) is 9.97 Å². The largest absolute Gasteiger partial charge is 0.310 e. The SMILES string of the molecule is Cc1c(-c2cc(F)ccc2F)nc(C2CC2)[nH]c1=O. The van der Waals surface area contributed by atoms with Crippen LogP contribution < -0.4 is 5.56 Å². The van der Waals surface area contributed by atoms with Crippen molar-refractivity contribution in [1.29, 1.82) is 0 Å². The summed E-state index contributed by atoms with van der Waals surface area (Å²) in [5, 5.41) is 0. The number of aromatic nitrogens is 2. The molecule has 1 aromatic carbocycles. The van der Waals surface area contributed by atoms with Gasteiger partial charge in [-0.15, -0.1) is 0 Å². The molecule has 0 aliphatic heterocycles. The average molecular weight is 262 g/mol. The van der Waals surface area contributed by atoms with Gasteiger partial charge in [-0.25, -0.2) is 13.8 Å². The van der Waals surface area contributed by atoms with Crippen LogP contribution in [0.2, 0.25) is 0 Å². The normalized spacial score (nSPS) is 14.7. The van der Waals surface area contributed by atoms with Gasteiger partial charge < -0.3 is 4.98 Å². The fraction of sp³-hybridized carbons (Fsp3) is 0.286. The highest BCUT2D eigenvalue weighted by atomic mass is 19.1. The van der Waals surface area contributed by atoms with E-state index >= 15 is 0 Å². The first-order chi connectivity index (χ1) is 9.06. The molecule has 0 radical (unpaired) electrons. The quantitative estimate of drug-likeness (QED) is 0.904. The van der Waals surface area contributed by atoms with Crippen LogP contribution >= 0.6 is 0 Å². The maximum Gasteiger partial charge on any atom is 0.254 e. The summed E-state index contributed by atoms with van der Waals surface area (Å²) in [5.74, 6) is -0.326. The highest BCUT2D eigenvalue weighted by molar-refractivity contribution is 5.63. The van der Waals surface area contributed by atoms with Crippen LogP contribution in [0.25, 0.3) is 11.3 Å². The minimum Gasteiger partial charge on any atom is -0.310 e. The molecular weight excluding hydrogens is 250 g/mol. The number of nitrogens with one attached hydrogen (secondary N) is 1. The van der Waals surface area contributed by atoms with Crippen molar-refractivity contribution < 1.29 is 8.78 Å². The van der Waals surface area contributed by atoms with Gasteiger partial charge in [0.15, 0.2) is 0 Å². The van der Waals surface area contributed by atoms with Crippen molar-refractivity contribution in [2.75, 3.05) is 0 Å². The fourth-order valence-electron chi connectivity index (χ4n) is 2.04. The number of hydrogen-bond acceptors (Lipinski definition) is 2. The molecule has 1 saturated carbocycles. The number of halogens is 2. The summed E-state index contributed by atoms with van der Waals surface area (Å²) in [5.41, 5.74) is 0.262. The van der Waals surface area contributed by atoms with Crippen LogP contribution in [0, 0.1) is 18.6 Å². The van der Waals surface area contributed by atoms with E-state index in [1.54, 1.807) is 6.92 Å². The predicted molar refractivity (Wildman–Crippen MR) is 66.9 cm³/mol. The molecule has 0 bridgehead atoms. The molecule has 3 rings (SSSR count). The van der Waals surface area contributed by atoms with Gasteiger partial charge in [0.1, 0.15) is 17.5 Å². The zero-order valence-corrected chi connectivity index (χ0v) is 10.3. The second kappa shape index (κ2) is 4.26. The van der Waals surface area contributed by atoms with Gasteiger partial charge in [-0.05, 0) is 38.0 Å². The zero-order chi connectivity index (χ0) is 13.6. The van der Waals surface area contributed by atoms with E-state index in [-0.39, 0.29) is 22.7 Å². The highest BCUT2D eigenvalue weighted by Gasteiger charge is 2.27. The molecule has 0 spiro atoms. The Morgan fingerprint density at radius 1 is 1.32 bits per heavy atom. The molecule has 2 aromatic rings. The maximum atomic E-state index is 13.8. The molecule has 0 atom stereocenters. The molecule has 3 nitrogen and oxygen atoms in total. The Balaban J connectivity index is 2.23. The first-order valence-electron chi connectivity index (χ1n) is 6.12. The van der Waals surface area contributed by atoms with Gasteiger partial charge in [0.25, 0.3) is 5.56 Å². The van der Waals surface area contributed by atoms with Gasteiger partial charge in [0.2, 0.25) is 0 Å². The van der Waals surface area contributed by atoms with E-state index in [9.17, 15) is 13.6 Å². The molecule has 1 aliphatic rings. The van der Waals surface area contributed by atoms with E-state index in [1.807, 2.05) is 0 Å². The molecule has 0 unspecified atom stereocenters. The summed E-state index contributed by atoms with van der Waals surface area (Å²) in [6, 6.07) is 3.16. The Morgan fingerprint density at radius 3 is 2.74 bits per heavy atom. The van der Waals surface area contributed by atoms with Crippen LogP contribution in [-0.4, -0.2) is 9.97 Å². The van der Waals surface area contributed by atoms with Gasteiger partial charge in [-0.1, -0.05) is 0 Å². The summed E-state index contributed by atoms with van der Waals surface area (Å²) in [6.07, 6.45) is 1.94. The van der Waals surface area contributed by atoms with Crippen LogP contribution in [0.1, 0.15) is 30.1 Å². The first kappa shape index (κ1) is 12.0. The monoisotopic (exact) mass is 262 g/mol. The van der Waals surface area contributed by atoms with Gasteiger partial charge in [-0.3, -0.25) is 4.79 Å². The number of nitrogens with zero attached hydrogens (tertiary/aromatic N) is 1. The van der Waals surface area contributed by atoms with Crippen molar-refractivity contribution in [3.63, 3.8) is 0 Å². The standard InChI is InChI=1S/C14H12F2N2O/c1-7-12(10-6-9(15)4-5-11(10)16)17-13(8-2-3-8)18-14(7)19/h4-6,8H,2-3H2,1H3,(H,17,18,19). The summed E-state index contributed by atoms with van der Waals surface area (Å²) in [6.45, 7) is 1.56. The number of benzene rings is 1. The number of aromatic amines is 1. The molecule has 1 N–H and O–H groups in total. The molecule has 1 aromatic heterocycles. The van der Waals surface area contributed by atoms with Crippen LogP contribution in [0.15, 0.2) is 23.0 Å². The number of hydrogen-bond donors (Lipinski definition) is 1. The average Bonchev–Trinajstić information content (AvgIpc) is 3.20. The minimum absolute atomic E-state index is 0.0329. The van der Waals surface area contributed by atoms with Gasteiger partial charge in [-0.2, -0.15) is 0 Å². The predicted octanol–water partition coefficient (Wildman–Crippen LogP) is 2.90. The number of rotatable bonds is 2. The molecule has 19 heavy (non-hydrogen) atoms. The van der Waals surface area contributed by atoms with Gasteiger partial charge in [0, 0.05) is 17.0 Å². The zero-order valence-electron chi connectivity index (χ0n) is 10.3. The molecule has 0 saturated heterocycles. The van der Waals surface area contributed by atoms with Crippen LogP contribution in [0.3, 0.4) is 0 Å². The number of H-pyrrole nitrogens is 1. The lowest BCUT2D eigenvalue weighted by atomic mass is 10.1. The maximum absolute atomic E-state index is 13.8. The molecule has 1 heterocycles. The van der Waals surface area contributed by atoms with Gasteiger partial charge in [0.05, 0.1) is 5.69 Å². The van der Waals surface area contributed by atoms with E-state index in [0.717, 1.165) is 31.0 Å². The molecule has 5 heteroatoms. The van der Waals surface area contributed by atoms with Crippen molar-refractivity contribution in [1.82, 2.24) is 9.97 Å². The summed E-state index contributed by atoms with van der Waals surface area (Å²) in [4.78, 5) is 18.9. The lowest BCUT2D eigenvalue weighted by Gasteiger charge is -2.08. The molecule has 0 amide bonds. The van der Waals surface area contributed by atoms with Crippen molar-refractivity contribution in [3.05, 3.63) is 51.6 Å². The van der Waals surface area contributed by atoms with Crippen LogP contribution in [-0.2, 0) is 0 Å². The third kappa shape index (κ3) is 2.16. The molecular formula is C14H12F2N2O. The highest BCUT2D eigenvalue weighted by Crippen LogP contribution is 2.38. The Morgan fingerprint density at radius 2 is 2.05 bits per heavy atom. The first-order valence-corrected chi connectivity index (χ1v) is 6.12. The van der Waals surface area contributed by atoms with Crippen LogP contribution in [0.4, 0.5) is 8.78 Å². The second-order valence-corrected chi connectivity index (χ2v) is 4.82. The Bertz CT molecular complexity index is 705. The lowest BCUT2D eigenvalue weighted by molar-refractivity contribution is 0.602. The fourth-order valence-corrected chi connectivity index (χ4v) is 2.04. The topological polar surface area (TPSA) is 45.8 Å². The molecule has 98 valence electrons.